The van der Waals surface area contributed by atoms with Crippen LogP contribution < -0.4 is 0 Å². The van der Waals surface area contributed by atoms with Crippen molar-refractivity contribution in [2.45, 2.75) is 24.9 Å². The predicted molar refractivity (Wildman–Crippen MR) is 37.5 cm³/mol. The van der Waals surface area contributed by atoms with Crippen molar-refractivity contribution >= 4 is 11.1 Å². The van der Waals surface area contributed by atoms with Crippen LogP contribution >= 0.6 is 0 Å². The van der Waals surface area contributed by atoms with E-state index in [1.807, 2.05) is 6.92 Å². The van der Waals surface area contributed by atoms with Crippen molar-refractivity contribution in [3.63, 3.8) is 0 Å². The van der Waals surface area contributed by atoms with E-state index in [0.29, 0.717) is 6.54 Å². The van der Waals surface area contributed by atoms with Crippen molar-refractivity contribution in [2.24, 2.45) is 0 Å². The molecule has 0 aliphatic carbocycles. The van der Waals surface area contributed by atoms with Gasteiger partial charge < -0.3 is 4.55 Å². The number of rotatable bonds is 3. The van der Waals surface area contributed by atoms with Crippen LogP contribution in [0.2, 0.25) is 0 Å². The van der Waals surface area contributed by atoms with Crippen LogP contribution in [0.5, 0.6) is 0 Å². The molecule has 0 amide bonds. The lowest BCUT2D eigenvalue weighted by Crippen LogP contribution is -2.05. The SMILES string of the molecule is CCCn1nncc1S(=O)[O-]. The van der Waals surface area contributed by atoms with Gasteiger partial charge in [-0.2, -0.15) is 0 Å². The summed E-state index contributed by atoms with van der Waals surface area (Å²) in [5.74, 6) is 0. The second-order valence-electron chi connectivity index (χ2n) is 2.03. The first-order valence-corrected chi connectivity index (χ1v) is 4.31. The van der Waals surface area contributed by atoms with Crippen LogP contribution in [0.4, 0.5) is 0 Å². The Bertz CT molecular complexity index is 260. The quantitative estimate of drug-likeness (QED) is 0.601. The minimum atomic E-state index is -2.22. The molecule has 0 saturated heterocycles. The molecule has 0 fully saturated rings. The highest BCUT2D eigenvalue weighted by molar-refractivity contribution is 7.79. The van der Waals surface area contributed by atoms with Crippen LogP contribution in [0, 0.1) is 0 Å². The number of aryl methyl sites for hydroxylation is 1. The van der Waals surface area contributed by atoms with Crippen molar-refractivity contribution in [2.75, 3.05) is 0 Å². The summed E-state index contributed by atoms with van der Waals surface area (Å²) in [4.78, 5) is 0. The number of hydrogen-bond acceptors (Lipinski definition) is 4. The molecule has 1 rings (SSSR count). The number of nitrogens with zero attached hydrogens (tertiary/aromatic N) is 3. The maximum absolute atomic E-state index is 10.5. The third-order valence-corrected chi connectivity index (χ3v) is 1.85. The fourth-order valence-corrected chi connectivity index (χ4v) is 1.18. The molecule has 1 aromatic rings. The summed E-state index contributed by atoms with van der Waals surface area (Å²) in [6, 6.07) is 0. The molecule has 0 spiro atoms. The molecule has 1 heterocycles. The molecule has 1 aromatic heterocycles. The van der Waals surface area contributed by atoms with E-state index in [9.17, 15) is 8.76 Å². The largest absolute Gasteiger partial charge is 0.767 e. The standard InChI is InChI=1S/C5H9N3O2S/c1-2-3-8-5(11(9)10)4-6-7-8/h4H,2-3H2,1H3,(H,9,10)/p-1. The van der Waals surface area contributed by atoms with Gasteiger partial charge in [0.25, 0.3) is 0 Å². The molecule has 1 atom stereocenters. The summed E-state index contributed by atoms with van der Waals surface area (Å²) in [5.41, 5.74) is 0. The molecule has 1 unspecified atom stereocenters. The molecule has 5 nitrogen and oxygen atoms in total. The highest BCUT2D eigenvalue weighted by atomic mass is 32.2. The molecule has 0 N–H and O–H groups in total. The maximum atomic E-state index is 10.5. The van der Waals surface area contributed by atoms with Crippen LogP contribution in [0.15, 0.2) is 11.2 Å². The first-order valence-electron chi connectivity index (χ1n) is 3.23. The predicted octanol–water partition coefficient (Wildman–Crippen LogP) is -0.0739. The summed E-state index contributed by atoms with van der Waals surface area (Å²) < 4.78 is 22.3. The zero-order valence-corrected chi connectivity index (χ0v) is 6.87. The van der Waals surface area contributed by atoms with E-state index in [0.717, 1.165) is 6.42 Å². The molecule has 0 radical (unpaired) electrons. The van der Waals surface area contributed by atoms with E-state index in [4.69, 9.17) is 0 Å². The second kappa shape index (κ2) is 3.59. The Morgan fingerprint density at radius 1 is 1.82 bits per heavy atom. The van der Waals surface area contributed by atoms with E-state index in [-0.39, 0.29) is 5.03 Å². The minimum absolute atomic E-state index is 0.145. The zero-order valence-electron chi connectivity index (χ0n) is 6.06. The Kier molecular flexibility index (Phi) is 2.72. The average Bonchev–Trinajstić information content (AvgIpc) is 2.36. The lowest BCUT2D eigenvalue weighted by atomic mass is 10.5. The molecule has 6 heteroatoms. The first kappa shape index (κ1) is 8.35. The fourth-order valence-electron chi connectivity index (χ4n) is 0.744. The van der Waals surface area contributed by atoms with E-state index in [1.165, 1.54) is 10.9 Å². The van der Waals surface area contributed by atoms with Gasteiger partial charge in [0.2, 0.25) is 0 Å². The minimum Gasteiger partial charge on any atom is -0.767 e. The van der Waals surface area contributed by atoms with Crippen molar-refractivity contribution in [3.05, 3.63) is 6.20 Å². The maximum Gasteiger partial charge on any atom is 0.131 e. The molecule has 0 aliphatic rings. The molecule has 11 heavy (non-hydrogen) atoms. The van der Waals surface area contributed by atoms with Crippen LogP contribution in [-0.4, -0.2) is 23.8 Å². The summed E-state index contributed by atoms with van der Waals surface area (Å²) in [7, 11) is 0. The third-order valence-electron chi connectivity index (χ3n) is 1.19. The molecule has 0 bridgehead atoms. The monoisotopic (exact) mass is 174 g/mol. The van der Waals surface area contributed by atoms with Gasteiger partial charge in [0.05, 0.1) is 6.20 Å². The molecular formula is C5H8N3O2S-. The van der Waals surface area contributed by atoms with Gasteiger partial charge in [0.15, 0.2) is 0 Å². The van der Waals surface area contributed by atoms with Gasteiger partial charge in [-0.3, -0.25) is 4.21 Å². The Labute approximate surface area is 66.7 Å². The summed E-state index contributed by atoms with van der Waals surface area (Å²) in [6.07, 6.45) is 2.08. The van der Waals surface area contributed by atoms with Crippen LogP contribution in [-0.2, 0) is 17.6 Å². The lowest BCUT2D eigenvalue weighted by molar-refractivity contribution is 0.496. The van der Waals surface area contributed by atoms with Crippen LogP contribution in [0.3, 0.4) is 0 Å². The van der Waals surface area contributed by atoms with Gasteiger partial charge in [-0.25, -0.2) is 4.68 Å². The summed E-state index contributed by atoms with van der Waals surface area (Å²) in [6.45, 7) is 2.53. The molecule has 0 aromatic carbocycles. The smallest absolute Gasteiger partial charge is 0.131 e. The zero-order chi connectivity index (χ0) is 8.27. The molecule has 0 aliphatic heterocycles. The fraction of sp³-hybridized carbons (Fsp3) is 0.600. The number of hydrogen-bond donors (Lipinski definition) is 0. The highest BCUT2D eigenvalue weighted by Gasteiger charge is 2.01. The van der Waals surface area contributed by atoms with Crippen molar-refractivity contribution in [1.29, 1.82) is 0 Å². The average molecular weight is 174 g/mol. The lowest BCUT2D eigenvalue weighted by Gasteiger charge is -2.05. The third kappa shape index (κ3) is 1.84. The van der Waals surface area contributed by atoms with Crippen LogP contribution in [0.1, 0.15) is 13.3 Å². The van der Waals surface area contributed by atoms with E-state index in [1.54, 1.807) is 0 Å². The second-order valence-corrected chi connectivity index (χ2v) is 2.92. The van der Waals surface area contributed by atoms with Crippen molar-refractivity contribution in [1.82, 2.24) is 15.0 Å². The normalized spacial score (nSPS) is 13.3. The Balaban J connectivity index is 2.87. The number of aromatic nitrogens is 3. The first-order chi connectivity index (χ1) is 5.25. The van der Waals surface area contributed by atoms with E-state index >= 15 is 0 Å². The van der Waals surface area contributed by atoms with Gasteiger partial charge in [0.1, 0.15) is 5.03 Å². The molecular weight excluding hydrogens is 166 g/mol. The summed E-state index contributed by atoms with van der Waals surface area (Å²) in [5, 5.41) is 7.23. The van der Waals surface area contributed by atoms with Gasteiger partial charge in [0, 0.05) is 6.54 Å². The van der Waals surface area contributed by atoms with Gasteiger partial charge in [-0.1, -0.05) is 12.1 Å². The highest BCUT2D eigenvalue weighted by Crippen LogP contribution is 2.01. The van der Waals surface area contributed by atoms with Crippen molar-refractivity contribution < 1.29 is 8.76 Å². The Morgan fingerprint density at radius 2 is 2.55 bits per heavy atom. The topological polar surface area (TPSA) is 70.8 Å². The van der Waals surface area contributed by atoms with E-state index in [2.05, 4.69) is 10.3 Å². The van der Waals surface area contributed by atoms with Gasteiger partial charge in [-0.15, -0.1) is 5.10 Å². The van der Waals surface area contributed by atoms with Crippen molar-refractivity contribution in [3.8, 4) is 0 Å². The van der Waals surface area contributed by atoms with Gasteiger partial charge in [-0.05, 0) is 17.5 Å². The van der Waals surface area contributed by atoms with E-state index < -0.39 is 11.1 Å². The molecule has 62 valence electrons. The van der Waals surface area contributed by atoms with Crippen LogP contribution in [0.25, 0.3) is 0 Å². The Morgan fingerprint density at radius 3 is 3.09 bits per heavy atom. The van der Waals surface area contributed by atoms with Gasteiger partial charge >= 0.3 is 0 Å². The Hall–Kier alpha value is -0.750. The molecule has 0 saturated carbocycles. The summed E-state index contributed by atoms with van der Waals surface area (Å²) >= 11 is -2.22.